The molecule has 0 saturated heterocycles. The molecule has 2 aromatic rings. The first-order valence-corrected chi connectivity index (χ1v) is 13.6. The number of aryl methyl sites for hydroxylation is 1. The van der Waals surface area contributed by atoms with Crippen LogP contribution in [0.15, 0.2) is 48.5 Å². The lowest BCUT2D eigenvalue weighted by atomic mass is 9.98. The maximum atomic E-state index is 14.2. The average molecular weight is 534 g/mol. The molecule has 0 radical (unpaired) electrons. The maximum absolute atomic E-state index is 14.2. The summed E-state index contributed by atoms with van der Waals surface area (Å²) in [5.41, 5.74) is 2.16. The van der Waals surface area contributed by atoms with E-state index < -0.39 is 23.8 Å². The molecule has 2 N–H and O–H groups in total. The van der Waals surface area contributed by atoms with Crippen LogP contribution in [0.4, 0.5) is 10.5 Å². The number of amides is 3. The quantitative estimate of drug-likeness (QED) is 0.336. The Balaban J connectivity index is 2.55. The highest BCUT2D eigenvalue weighted by molar-refractivity contribution is 5.99. The van der Waals surface area contributed by atoms with E-state index in [1.165, 1.54) is 0 Å². The van der Waals surface area contributed by atoms with Crippen molar-refractivity contribution in [2.75, 3.05) is 11.9 Å². The molecule has 39 heavy (non-hydrogen) atoms. The number of carbonyl (C=O) groups excluding carboxylic acids is 3. The van der Waals surface area contributed by atoms with E-state index in [1.54, 1.807) is 49.9 Å². The van der Waals surface area contributed by atoms with Crippen LogP contribution in [0.5, 0.6) is 0 Å². The van der Waals surface area contributed by atoms with Crippen LogP contribution in [0, 0.1) is 25.2 Å². The molecular weight excluding hydrogens is 490 g/mol. The van der Waals surface area contributed by atoms with Crippen molar-refractivity contribution >= 4 is 23.6 Å². The van der Waals surface area contributed by atoms with Gasteiger partial charge in [-0.2, -0.15) is 0 Å². The van der Waals surface area contributed by atoms with Crippen molar-refractivity contribution in [3.63, 3.8) is 0 Å². The zero-order valence-electron chi connectivity index (χ0n) is 24.3. The number of hydrogen-bond acceptors (Lipinski definition) is 4. The third kappa shape index (κ3) is 9.79. The monoisotopic (exact) mass is 533 g/mol. The third-order valence-corrected chi connectivity index (χ3v) is 6.09. The van der Waals surface area contributed by atoms with E-state index in [1.807, 2.05) is 52.0 Å². The fourth-order valence-electron chi connectivity index (χ4n) is 4.19. The van der Waals surface area contributed by atoms with E-state index in [-0.39, 0.29) is 17.7 Å². The topological polar surface area (TPSA) is 87.7 Å². The second kappa shape index (κ2) is 14.4. The Bertz CT molecular complexity index is 1160. The van der Waals surface area contributed by atoms with Gasteiger partial charge in [0.1, 0.15) is 17.7 Å². The van der Waals surface area contributed by atoms with Crippen molar-refractivity contribution in [3.8, 4) is 12.3 Å². The molecule has 0 spiro atoms. The van der Waals surface area contributed by atoms with Gasteiger partial charge in [0.05, 0.1) is 0 Å². The standard InChI is InChI=1S/C32H43N3O4/c1-9-11-20-35(30(37)27(21-22(3)4)34-31(38)39-32(6,7)8)28(25-18-16-24(10-2)17-19-25)29(36)33-26-15-13-12-14-23(26)5/h2,12-19,22,27-28H,9,11,20-21H2,1,3-8H3,(H,33,36)(H,34,38). The van der Waals surface area contributed by atoms with Crippen LogP contribution in [0.3, 0.4) is 0 Å². The van der Waals surface area contributed by atoms with E-state index in [0.29, 0.717) is 36.2 Å². The number of nitrogens with zero attached hydrogens (tertiary/aromatic N) is 1. The second-order valence-corrected chi connectivity index (χ2v) is 11.2. The minimum Gasteiger partial charge on any atom is -0.444 e. The molecule has 0 saturated carbocycles. The molecule has 3 amide bonds. The van der Waals surface area contributed by atoms with Gasteiger partial charge in [-0.15, -0.1) is 6.42 Å². The molecular formula is C32H43N3O4. The summed E-state index contributed by atoms with van der Waals surface area (Å²) >= 11 is 0. The molecule has 0 aliphatic carbocycles. The van der Waals surface area contributed by atoms with Gasteiger partial charge < -0.3 is 20.3 Å². The van der Waals surface area contributed by atoms with Crippen molar-refractivity contribution in [2.45, 2.75) is 85.4 Å². The van der Waals surface area contributed by atoms with Crippen molar-refractivity contribution in [2.24, 2.45) is 5.92 Å². The van der Waals surface area contributed by atoms with Gasteiger partial charge in [-0.25, -0.2) is 4.79 Å². The largest absolute Gasteiger partial charge is 0.444 e. The number of benzene rings is 2. The molecule has 2 aromatic carbocycles. The summed E-state index contributed by atoms with van der Waals surface area (Å²) in [5.74, 6) is 2.02. The van der Waals surface area contributed by atoms with E-state index in [9.17, 15) is 14.4 Å². The molecule has 2 unspecified atom stereocenters. The number of carbonyl (C=O) groups is 3. The van der Waals surface area contributed by atoms with E-state index in [2.05, 4.69) is 16.6 Å². The van der Waals surface area contributed by atoms with Crippen molar-refractivity contribution in [3.05, 3.63) is 65.2 Å². The Hall–Kier alpha value is -3.79. The molecule has 0 aliphatic rings. The van der Waals surface area contributed by atoms with Gasteiger partial charge in [-0.1, -0.05) is 63.4 Å². The number of rotatable bonds is 11. The highest BCUT2D eigenvalue weighted by Gasteiger charge is 2.36. The summed E-state index contributed by atoms with van der Waals surface area (Å²) in [6.07, 6.45) is 6.78. The van der Waals surface area contributed by atoms with Gasteiger partial charge in [-0.3, -0.25) is 9.59 Å². The molecule has 2 atom stereocenters. The first-order chi connectivity index (χ1) is 18.4. The number of anilines is 1. The second-order valence-electron chi connectivity index (χ2n) is 11.2. The van der Waals surface area contributed by atoms with Crippen LogP contribution in [0.2, 0.25) is 0 Å². The fraction of sp³-hybridized carbons (Fsp3) is 0.469. The van der Waals surface area contributed by atoms with Crippen LogP contribution in [-0.4, -0.2) is 41.0 Å². The molecule has 0 aliphatic heterocycles. The number of hydrogen-bond donors (Lipinski definition) is 2. The number of alkyl carbamates (subject to hydrolysis) is 1. The van der Waals surface area contributed by atoms with Crippen LogP contribution < -0.4 is 10.6 Å². The summed E-state index contributed by atoms with van der Waals surface area (Å²) in [5, 5.41) is 5.79. The van der Waals surface area contributed by atoms with Gasteiger partial charge in [0, 0.05) is 17.8 Å². The molecule has 7 nitrogen and oxygen atoms in total. The lowest BCUT2D eigenvalue weighted by Crippen LogP contribution is -2.53. The SMILES string of the molecule is C#Cc1ccc(C(C(=O)Nc2ccccc2C)N(CCCC)C(=O)C(CC(C)C)NC(=O)OC(C)(C)C)cc1. The van der Waals surface area contributed by atoms with Gasteiger partial charge in [0.25, 0.3) is 5.91 Å². The lowest BCUT2D eigenvalue weighted by Gasteiger charge is -2.35. The molecule has 0 bridgehead atoms. The highest BCUT2D eigenvalue weighted by atomic mass is 16.6. The number of ether oxygens (including phenoxy) is 1. The van der Waals surface area contributed by atoms with E-state index in [4.69, 9.17) is 11.2 Å². The first-order valence-electron chi connectivity index (χ1n) is 13.6. The van der Waals surface area contributed by atoms with Crippen LogP contribution >= 0.6 is 0 Å². The number of nitrogens with one attached hydrogen (secondary N) is 2. The van der Waals surface area contributed by atoms with E-state index in [0.717, 1.165) is 12.0 Å². The van der Waals surface area contributed by atoms with Crippen LogP contribution in [-0.2, 0) is 14.3 Å². The van der Waals surface area contributed by atoms with Crippen molar-refractivity contribution in [1.82, 2.24) is 10.2 Å². The maximum Gasteiger partial charge on any atom is 0.408 e. The predicted molar refractivity (Wildman–Crippen MR) is 156 cm³/mol. The summed E-state index contributed by atoms with van der Waals surface area (Å²) in [6.45, 7) is 13.5. The van der Waals surface area contributed by atoms with Crippen molar-refractivity contribution < 1.29 is 19.1 Å². The minimum atomic E-state index is -0.939. The Labute approximate surface area is 233 Å². The number of unbranched alkanes of at least 4 members (excludes halogenated alkanes) is 1. The highest BCUT2D eigenvalue weighted by Crippen LogP contribution is 2.27. The van der Waals surface area contributed by atoms with Gasteiger partial charge in [0.2, 0.25) is 5.91 Å². The Morgan fingerprint density at radius 1 is 1.05 bits per heavy atom. The molecule has 7 heteroatoms. The molecule has 2 rings (SSSR count). The molecule has 0 aromatic heterocycles. The summed E-state index contributed by atoms with van der Waals surface area (Å²) in [6, 6.07) is 12.8. The Kier molecular flexibility index (Phi) is 11.6. The molecule has 0 fully saturated rings. The normalized spacial score (nSPS) is 12.7. The van der Waals surface area contributed by atoms with Crippen LogP contribution in [0.1, 0.15) is 83.5 Å². The first kappa shape index (κ1) is 31.4. The summed E-state index contributed by atoms with van der Waals surface area (Å²) < 4.78 is 5.45. The Morgan fingerprint density at radius 3 is 2.23 bits per heavy atom. The van der Waals surface area contributed by atoms with Gasteiger partial charge in [0.15, 0.2) is 0 Å². The van der Waals surface area contributed by atoms with Gasteiger partial charge in [-0.05, 0) is 75.8 Å². The lowest BCUT2D eigenvalue weighted by molar-refractivity contribution is -0.141. The smallest absolute Gasteiger partial charge is 0.408 e. The van der Waals surface area contributed by atoms with E-state index >= 15 is 0 Å². The zero-order valence-corrected chi connectivity index (χ0v) is 24.3. The average Bonchev–Trinajstić information content (AvgIpc) is 2.85. The van der Waals surface area contributed by atoms with Gasteiger partial charge >= 0.3 is 6.09 Å². The number of para-hydroxylation sites is 1. The van der Waals surface area contributed by atoms with Crippen LogP contribution in [0.25, 0.3) is 0 Å². The minimum absolute atomic E-state index is 0.107. The Morgan fingerprint density at radius 2 is 1.69 bits per heavy atom. The molecule has 210 valence electrons. The van der Waals surface area contributed by atoms with Crippen molar-refractivity contribution in [1.29, 1.82) is 0 Å². The molecule has 0 heterocycles. The summed E-state index contributed by atoms with van der Waals surface area (Å²) in [7, 11) is 0. The number of terminal acetylenes is 1. The third-order valence-electron chi connectivity index (χ3n) is 6.09. The zero-order chi connectivity index (χ0) is 29.2. The fourth-order valence-corrected chi connectivity index (χ4v) is 4.19. The predicted octanol–water partition coefficient (Wildman–Crippen LogP) is 6.22. The summed E-state index contributed by atoms with van der Waals surface area (Å²) in [4.78, 5) is 42.4.